The van der Waals surface area contributed by atoms with Crippen LogP contribution in [-0.4, -0.2) is 13.4 Å². The van der Waals surface area contributed by atoms with Crippen LogP contribution in [0.4, 0.5) is 5.69 Å². The smallest absolute Gasteiger partial charge is 0.258 e. The second-order valence-corrected chi connectivity index (χ2v) is 5.45. The van der Waals surface area contributed by atoms with Gasteiger partial charge in [0.25, 0.3) is 10.0 Å². The van der Waals surface area contributed by atoms with Crippen molar-refractivity contribution in [1.82, 2.24) is 9.71 Å². The van der Waals surface area contributed by atoms with Crippen LogP contribution in [0.1, 0.15) is 5.56 Å². The number of nitrogens with zero attached hydrogens (tertiary/aromatic N) is 1. The van der Waals surface area contributed by atoms with E-state index in [2.05, 4.69) is 9.71 Å². The Morgan fingerprint density at radius 2 is 1.83 bits per heavy atom. The number of hydrogen-bond donors (Lipinski definition) is 2. The van der Waals surface area contributed by atoms with E-state index in [1.54, 1.807) is 0 Å². The summed E-state index contributed by atoms with van der Waals surface area (Å²) >= 11 is 0. The van der Waals surface area contributed by atoms with Crippen molar-refractivity contribution in [3.05, 3.63) is 54.2 Å². The molecule has 1 heterocycles. The highest BCUT2D eigenvalue weighted by Crippen LogP contribution is 2.08. The standard InChI is InChI=1S/C12H13N3O2S/c13-11-6-7-12(14-9-11)18(16,17)15-8-10-4-2-1-3-5-10/h1-7,9,15H,8,13H2. The van der Waals surface area contributed by atoms with Gasteiger partial charge in [-0.2, -0.15) is 0 Å². The molecule has 3 N–H and O–H groups in total. The molecule has 0 aliphatic rings. The molecule has 2 rings (SSSR count). The second kappa shape index (κ2) is 5.16. The summed E-state index contributed by atoms with van der Waals surface area (Å²) in [5, 5.41) is -0.0346. The van der Waals surface area contributed by atoms with Crippen LogP contribution < -0.4 is 10.5 Å². The number of hydrogen-bond acceptors (Lipinski definition) is 4. The molecule has 1 aromatic heterocycles. The molecule has 0 unspecified atom stereocenters. The molecule has 0 radical (unpaired) electrons. The quantitative estimate of drug-likeness (QED) is 0.866. The summed E-state index contributed by atoms with van der Waals surface area (Å²) in [6.45, 7) is 0.231. The van der Waals surface area contributed by atoms with Gasteiger partial charge in [-0.3, -0.25) is 0 Å². The van der Waals surface area contributed by atoms with E-state index in [1.165, 1.54) is 18.3 Å². The fourth-order valence-corrected chi connectivity index (χ4v) is 2.34. The highest BCUT2D eigenvalue weighted by Gasteiger charge is 2.14. The Kier molecular flexibility index (Phi) is 3.59. The van der Waals surface area contributed by atoms with Crippen molar-refractivity contribution in [2.24, 2.45) is 0 Å². The van der Waals surface area contributed by atoms with Crippen LogP contribution in [0, 0.1) is 0 Å². The molecule has 0 amide bonds. The normalized spacial score (nSPS) is 11.3. The Morgan fingerprint density at radius 1 is 1.11 bits per heavy atom. The summed E-state index contributed by atoms with van der Waals surface area (Å²) in [5.41, 5.74) is 6.77. The van der Waals surface area contributed by atoms with E-state index < -0.39 is 10.0 Å². The third-order valence-corrected chi connectivity index (χ3v) is 3.66. The lowest BCUT2D eigenvalue weighted by atomic mass is 10.2. The van der Waals surface area contributed by atoms with Gasteiger partial charge in [-0.15, -0.1) is 0 Å². The van der Waals surface area contributed by atoms with Crippen LogP contribution in [0.2, 0.25) is 0 Å². The van der Waals surface area contributed by atoms with Gasteiger partial charge in [0.2, 0.25) is 0 Å². The molecule has 0 aliphatic carbocycles. The van der Waals surface area contributed by atoms with Gasteiger partial charge in [-0.05, 0) is 17.7 Å². The Balaban J connectivity index is 2.11. The fraction of sp³-hybridized carbons (Fsp3) is 0.0833. The predicted molar refractivity (Wildman–Crippen MR) is 69.1 cm³/mol. The maximum Gasteiger partial charge on any atom is 0.258 e. The average molecular weight is 263 g/mol. The van der Waals surface area contributed by atoms with E-state index in [4.69, 9.17) is 5.73 Å². The Labute approximate surface area is 106 Å². The van der Waals surface area contributed by atoms with Crippen LogP contribution in [0.15, 0.2) is 53.7 Å². The first kappa shape index (κ1) is 12.5. The number of nitrogens with two attached hydrogens (primary N) is 1. The van der Waals surface area contributed by atoms with Crippen molar-refractivity contribution >= 4 is 15.7 Å². The third kappa shape index (κ3) is 3.06. The van der Waals surface area contributed by atoms with E-state index in [0.717, 1.165) is 5.56 Å². The SMILES string of the molecule is Nc1ccc(S(=O)(=O)NCc2ccccc2)nc1. The Hall–Kier alpha value is -1.92. The molecule has 0 saturated heterocycles. The van der Waals surface area contributed by atoms with E-state index in [9.17, 15) is 8.42 Å². The van der Waals surface area contributed by atoms with E-state index in [1.807, 2.05) is 30.3 Å². The van der Waals surface area contributed by atoms with Crippen LogP contribution in [0.3, 0.4) is 0 Å². The van der Waals surface area contributed by atoms with Gasteiger partial charge in [0, 0.05) is 6.54 Å². The lowest BCUT2D eigenvalue weighted by Crippen LogP contribution is -2.24. The van der Waals surface area contributed by atoms with Crippen LogP contribution in [0.5, 0.6) is 0 Å². The monoisotopic (exact) mass is 263 g/mol. The number of benzene rings is 1. The van der Waals surface area contributed by atoms with Gasteiger partial charge in [0.1, 0.15) is 0 Å². The minimum atomic E-state index is -3.59. The maximum atomic E-state index is 11.9. The fourth-order valence-electron chi connectivity index (χ4n) is 1.40. The number of sulfonamides is 1. The highest BCUT2D eigenvalue weighted by atomic mass is 32.2. The van der Waals surface area contributed by atoms with Gasteiger partial charge in [-0.25, -0.2) is 18.1 Å². The van der Waals surface area contributed by atoms with E-state index in [-0.39, 0.29) is 11.6 Å². The van der Waals surface area contributed by atoms with Gasteiger partial charge in [-0.1, -0.05) is 30.3 Å². The first-order chi connectivity index (χ1) is 8.58. The van der Waals surface area contributed by atoms with Crippen LogP contribution >= 0.6 is 0 Å². The number of aromatic nitrogens is 1. The lowest BCUT2D eigenvalue weighted by Gasteiger charge is -2.06. The molecule has 94 valence electrons. The van der Waals surface area contributed by atoms with Crippen molar-refractivity contribution in [2.75, 3.05) is 5.73 Å². The van der Waals surface area contributed by atoms with Crippen LogP contribution in [0.25, 0.3) is 0 Å². The Bertz CT molecular complexity index is 610. The topological polar surface area (TPSA) is 85.1 Å². The van der Waals surface area contributed by atoms with Crippen molar-refractivity contribution < 1.29 is 8.42 Å². The summed E-state index contributed by atoms with van der Waals surface area (Å²) < 4.78 is 26.3. The third-order valence-electron chi connectivity index (χ3n) is 2.34. The number of rotatable bonds is 4. The molecule has 2 aromatic rings. The molecular weight excluding hydrogens is 250 g/mol. The molecule has 6 heteroatoms. The summed E-state index contributed by atoms with van der Waals surface area (Å²) in [5.74, 6) is 0. The van der Waals surface area contributed by atoms with Crippen molar-refractivity contribution in [3.8, 4) is 0 Å². The number of anilines is 1. The second-order valence-electron chi connectivity index (χ2n) is 3.74. The summed E-state index contributed by atoms with van der Waals surface area (Å²) in [4.78, 5) is 3.79. The number of nitrogens with one attached hydrogen (secondary N) is 1. The van der Waals surface area contributed by atoms with Gasteiger partial charge in [0.15, 0.2) is 5.03 Å². The summed E-state index contributed by atoms with van der Waals surface area (Å²) in [6, 6.07) is 12.2. The molecule has 5 nitrogen and oxygen atoms in total. The van der Waals surface area contributed by atoms with Crippen molar-refractivity contribution in [2.45, 2.75) is 11.6 Å². The lowest BCUT2D eigenvalue weighted by molar-refractivity contribution is 0.577. The molecule has 0 spiro atoms. The zero-order valence-electron chi connectivity index (χ0n) is 9.58. The summed E-state index contributed by atoms with van der Waals surface area (Å²) in [7, 11) is -3.59. The molecule has 1 aromatic carbocycles. The molecule has 0 fully saturated rings. The highest BCUT2D eigenvalue weighted by molar-refractivity contribution is 7.89. The first-order valence-corrected chi connectivity index (χ1v) is 6.81. The zero-order valence-corrected chi connectivity index (χ0v) is 10.4. The van der Waals surface area contributed by atoms with Crippen molar-refractivity contribution in [1.29, 1.82) is 0 Å². The Morgan fingerprint density at radius 3 is 2.44 bits per heavy atom. The van der Waals surface area contributed by atoms with E-state index in [0.29, 0.717) is 5.69 Å². The van der Waals surface area contributed by atoms with Gasteiger partial charge < -0.3 is 5.73 Å². The molecule has 18 heavy (non-hydrogen) atoms. The molecule has 0 saturated carbocycles. The average Bonchev–Trinajstić information content (AvgIpc) is 2.38. The molecule has 0 bridgehead atoms. The zero-order chi connectivity index (χ0) is 13.0. The molecular formula is C12H13N3O2S. The largest absolute Gasteiger partial charge is 0.397 e. The first-order valence-electron chi connectivity index (χ1n) is 5.33. The number of pyridine rings is 1. The van der Waals surface area contributed by atoms with Crippen LogP contribution in [-0.2, 0) is 16.6 Å². The molecule has 0 atom stereocenters. The van der Waals surface area contributed by atoms with E-state index >= 15 is 0 Å². The van der Waals surface area contributed by atoms with Gasteiger partial charge >= 0.3 is 0 Å². The number of nitrogen functional groups attached to an aromatic ring is 1. The summed E-state index contributed by atoms with van der Waals surface area (Å²) in [6.07, 6.45) is 1.32. The minimum Gasteiger partial charge on any atom is -0.397 e. The maximum absolute atomic E-state index is 11.9. The molecule has 0 aliphatic heterocycles. The predicted octanol–water partition coefficient (Wildman–Crippen LogP) is 1.14. The van der Waals surface area contributed by atoms with Gasteiger partial charge in [0.05, 0.1) is 11.9 Å². The van der Waals surface area contributed by atoms with Crippen molar-refractivity contribution in [3.63, 3.8) is 0 Å². The minimum absolute atomic E-state index is 0.0346.